The molecular weight excluding hydrogens is 193 g/mol. The van der Waals surface area contributed by atoms with Crippen molar-refractivity contribution < 1.29 is 13.2 Å². The van der Waals surface area contributed by atoms with Crippen molar-refractivity contribution in [3.05, 3.63) is 0 Å². The molecule has 6 heteroatoms. The highest BCUT2D eigenvalue weighted by molar-refractivity contribution is 5.85. The summed E-state index contributed by atoms with van der Waals surface area (Å²) in [7, 11) is 0. The van der Waals surface area contributed by atoms with Gasteiger partial charge in [0.15, 0.2) is 0 Å². The van der Waals surface area contributed by atoms with Crippen molar-refractivity contribution in [2.24, 2.45) is 0 Å². The van der Waals surface area contributed by atoms with Crippen molar-refractivity contribution in [2.45, 2.75) is 18.6 Å². The molecule has 0 bridgehead atoms. The molecule has 1 rings (SSSR count). The van der Waals surface area contributed by atoms with E-state index < -0.39 is 12.7 Å². The summed E-state index contributed by atoms with van der Waals surface area (Å²) >= 11 is 0. The van der Waals surface area contributed by atoms with Crippen LogP contribution in [0.25, 0.3) is 0 Å². The summed E-state index contributed by atoms with van der Waals surface area (Å²) < 4.78 is 34.9. The smallest absolute Gasteiger partial charge is 0.315 e. The van der Waals surface area contributed by atoms with Gasteiger partial charge in [-0.05, 0) is 13.0 Å². The Hall–Kier alpha value is -0.0000000000000000416. The summed E-state index contributed by atoms with van der Waals surface area (Å²) in [6.07, 6.45) is -3.29. The number of rotatable bonds is 2. The van der Waals surface area contributed by atoms with Crippen LogP contribution in [0.3, 0.4) is 0 Å². The van der Waals surface area contributed by atoms with Crippen molar-refractivity contribution in [2.75, 3.05) is 19.6 Å². The average molecular weight is 205 g/mol. The van der Waals surface area contributed by atoms with Gasteiger partial charge < -0.3 is 10.6 Å². The van der Waals surface area contributed by atoms with Crippen LogP contribution in [0.2, 0.25) is 0 Å². The van der Waals surface area contributed by atoms with Crippen LogP contribution in [0.15, 0.2) is 0 Å². The number of hydrogen-bond acceptors (Lipinski definition) is 2. The zero-order valence-electron chi connectivity index (χ0n) is 6.45. The number of nitrogens with one attached hydrogen (secondary N) is 2. The molecule has 0 amide bonds. The molecule has 12 heavy (non-hydrogen) atoms. The van der Waals surface area contributed by atoms with Gasteiger partial charge >= 0.3 is 6.18 Å². The highest BCUT2D eigenvalue weighted by Crippen LogP contribution is 2.13. The minimum atomic E-state index is -4.08. The zero-order valence-corrected chi connectivity index (χ0v) is 7.26. The Morgan fingerprint density at radius 2 is 2.08 bits per heavy atom. The molecule has 2 nitrogen and oxygen atoms in total. The van der Waals surface area contributed by atoms with E-state index in [2.05, 4.69) is 10.6 Å². The third-order valence-electron chi connectivity index (χ3n) is 1.65. The zero-order chi connectivity index (χ0) is 8.32. The van der Waals surface area contributed by atoms with Crippen LogP contribution in [0, 0.1) is 0 Å². The molecule has 1 unspecified atom stereocenters. The standard InChI is InChI=1S/C6H11F3N2.ClH/c7-6(8,9)4-11-5-1-2-10-3-5;/h5,10-11H,1-4H2;1H. The predicted molar refractivity (Wildman–Crippen MR) is 42.6 cm³/mol. The van der Waals surface area contributed by atoms with Gasteiger partial charge in [-0.25, -0.2) is 0 Å². The largest absolute Gasteiger partial charge is 0.401 e. The minimum absolute atomic E-state index is 0. The van der Waals surface area contributed by atoms with Gasteiger partial charge in [0, 0.05) is 12.6 Å². The maximum atomic E-state index is 11.6. The third kappa shape index (κ3) is 4.79. The van der Waals surface area contributed by atoms with Crippen LogP contribution in [0.4, 0.5) is 13.2 Å². The molecule has 74 valence electrons. The Kier molecular flexibility index (Phi) is 4.89. The van der Waals surface area contributed by atoms with Gasteiger partial charge in [-0.3, -0.25) is 0 Å². The molecule has 1 heterocycles. The Bertz CT molecular complexity index is 122. The summed E-state index contributed by atoms with van der Waals surface area (Å²) in [4.78, 5) is 0. The molecule has 1 aliphatic heterocycles. The minimum Gasteiger partial charge on any atom is -0.315 e. The number of hydrogen-bond donors (Lipinski definition) is 2. The van der Waals surface area contributed by atoms with Crippen LogP contribution in [-0.4, -0.2) is 31.9 Å². The number of alkyl halides is 3. The SMILES string of the molecule is Cl.FC(F)(F)CNC1CCNC1. The Balaban J connectivity index is 0.00000121. The molecule has 2 N–H and O–H groups in total. The third-order valence-corrected chi connectivity index (χ3v) is 1.65. The fourth-order valence-electron chi connectivity index (χ4n) is 1.09. The monoisotopic (exact) mass is 204 g/mol. The molecule has 1 atom stereocenters. The molecule has 0 saturated carbocycles. The van der Waals surface area contributed by atoms with Gasteiger partial charge in [0.2, 0.25) is 0 Å². The Morgan fingerprint density at radius 3 is 2.50 bits per heavy atom. The van der Waals surface area contributed by atoms with Crippen LogP contribution in [-0.2, 0) is 0 Å². The molecule has 0 radical (unpaired) electrons. The lowest BCUT2D eigenvalue weighted by Crippen LogP contribution is -2.38. The Morgan fingerprint density at radius 1 is 1.42 bits per heavy atom. The van der Waals surface area contributed by atoms with Crippen LogP contribution >= 0.6 is 12.4 Å². The average Bonchev–Trinajstić information content (AvgIpc) is 2.32. The van der Waals surface area contributed by atoms with Crippen LogP contribution in [0.1, 0.15) is 6.42 Å². The maximum Gasteiger partial charge on any atom is 0.401 e. The summed E-state index contributed by atoms with van der Waals surface area (Å²) in [5.74, 6) is 0. The van der Waals surface area contributed by atoms with Gasteiger partial charge in [0.25, 0.3) is 0 Å². The summed E-state index contributed by atoms with van der Waals surface area (Å²) in [6.45, 7) is 0.588. The molecule has 1 fully saturated rings. The maximum absolute atomic E-state index is 11.6. The lowest BCUT2D eigenvalue weighted by atomic mass is 10.2. The highest BCUT2D eigenvalue weighted by Gasteiger charge is 2.28. The fraction of sp³-hybridized carbons (Fsp3) is 1.00. The quantitative estimate of drug-likeness (QED) is 0.699. The summed E-state index contributed by atoms with van der Waals surface area (Å²) in [5.41, 5.74) is 0. The second-order valence-corrected chi connectivity index (χ2v) is 2.69. The van der Waals surface area contributed by atoms with E-state index in [1.54, 1.807) is 0 Å². The topological polar surface area (TPSA) is 24.1 Å². The first-order chi connectivity index (χ1) is 5.08. The first-order valence-electron chi connectivity index (χ1n) is 3.59. The first-order valence-corrected chi connectivity index (χ1v) is 3.59. The molecule has 0 aromatic rings. The van der Waals surface area contributed by atoms with Crippen molar-refractivity contribution in [1.29, 1.82) is 0 Å². The second kappa shape index (κ2) is 4.89. The first kappa shape index (κ1) is 12.0. The van der Waals surface area contributed by atoms with E-state index in [1.165, 1.54) is 0 Å². The van der Waals surface area contributed by atoms with E-state index in [0.29, 0.717) is 6.54 Å². The van der Waals surface area contributed by atoms with E-state index >= 15 is 0 Å². The van der Waals surface area contributed by atoms with Crippen molar-refractivity contribution in [1.82, 2.24) is 10.6 Å². The second-order valence-electron chi connectivity index (χ2n) is 2.69. The van der Waals surface area contributed by atoms with E-state index in [-0.39, 0.29) is 18.4 Å². The van der Waals surface area contributed by atoms with E-state index in [1.807, 2.05) is 0 Å². The van der Waals surface area contributed by atoms with Gasteiger partial charge in [-0.2, -0.15) is 13.2 Å². The molecule has 0 spiro atoms. The summed E-state index contributed by atoms with van der Waals surface area (Å²) in [5, 5.41) is 5.41. The van der Waals surface area contributed by atoms with Gasteiger partial charge in [0.05, 0.1) is 6.54 Å². The fourth-order valence-corrected chi connectivity index (χ4v) is 1.09. The lowest BCUT2D eigenvalue weighted by Gasteiger charge is -2.12. The van der Waals surface area contributed by atoms with E-state index in [0.717, 1.165) is 13.0 Å². The molecule has 0 aromatic heterocycles. The molecular formula is C6H12ClF3N2. The van der Waals surface area contributed by atoms with Crippen molar-refractivity contribution in [3.63, 3.8) is 0 Å². The van der Waals surface area contributed by atoms with Gasteiger partial charge in [-0.15, -0.1) is 12.4 Å². The van der Waals surface area contributed by atoms with Gasteiger partial charge in [-0.1, -0.05) is 0 Å². The van der Waals surface area contributed by atoms with E-state index in [9.17, 15) is 13.2 Å². The van der Waals surface area contributed by atoms with Crippen molar-refractivity contribution in [3.8, 4) is 0 Å². The van der Waals surface area contributed by atoms with Gasteiger partial charge in [0.1, 0.15) is 0 Å². The van der Waals surface area contributed by atoms with Crippen molar-refractivity contribution >= 4 is 12.4 Å². The van der Waals surface area contributed by atoms with Crippen LogP contribution in [0.5, 0.6) is 0 Å². The normalized spacial score (nSPS) is 23.8. The highest BCUT2D eigenvalue weighted by atomic mass is 35.5. The Labute approximate surface area is 75.3 Å². The lowest BCUT2D eigenvalue weighted by molar-refractivity contribution is -0.125. The number of halogens is 4. The van der Waals surface area contributed by atoms with E-state index in [4.69, 9.17) is 0 Å². The molecule has 0 aromatic carbocycles. The summed E-state index contributed by atoms with van der Waals surface area (Å²) in [6, 6.07) is -0.00313. The predicted octanol–water partition coefficient (Wildman–Crippen LogP) is 0.922. The van der Waals surface area contributed by atoms with Crippen LogP contribution < -0.4 is 10.6 Å². The molecule has 1 saturated heterocycles. The molecule has 0 aliphatic carbocycles. The molecule has 1 aliphatic rings.